The molecule has 0 aromatic carbocycles. The average molecular weight is 208 g/mol. The molecule has 84 valence electrons. The topological polar surface area (TPSA) is 51.2 Å². The van der Waals surface area contributed by atoms with Crippen molar-refractivity contribution in [1.29, 1.82) is 0 Å². The maximum absolute atomic E-state index is 6.09. The first-order valence-corrected chi connectivity index (χ1v) is 5.82. The highest BCUT2D eigenvalue weighted by Crippen LogP contribution is 2.21. The van der Waals surface area contributed by atoms with E-state index in [0.717, 1.165) is 12.2 Å². The highest BCUT2D eigenvalue weighted by molar-refractivity contribution is 5.04. The number of rotatable bonds is 3. The Morgan fingerprint density at radius 2 is 2.27 bits per heavy atom. The minimum Gasteiger partial charge on any atom is -0.468 e. The number of nitrogens with two attached hydrogens (primary N) is 1. The summed E-state index contributed by atoms with van der Waals surface area (Å²) in [5.74, 6) is 0.993. The molecule has 2 rings (SSSR count). The molecule has 3 heteroatoms. The van der Waals surface area contributed by atoms with Crippen LogP contribution >= 0.6 is 0 Å². The first-order chi connectivity index (χ1) is 7.27. The lowest BCUT2D eigenvalue weighted by atomic mass is 9.90. The molecule has 1 aromatic heterocycles. The predicted molar refractivity (Wildman–Crippen MR) is 60.5 cm³/mol. The van der Waals surface area contributed by atoms with Gasteiger partial charge in [-0.2, -0.15) is 0 Å². The van der Waals surface area contributed by atoms with Gasteiger partial charge in [0.2, 0.25) is 0 Å². The molecule has 3 nitrogen and oxygen atoms in total. The third kappa shape index (κ3) is 2.61. The van der Waals surface area contributed by atoms with Gasteiger partial charge in [0.15, 0.2) is 0 Å². The van der Waals surface area contributed by atoms with E-state index in [1.807, 2.05) is 12.1 Å². The third-order valence-electron chi connectivity index (χ3n) is 3.25. The van der Waals surface area contributed by atoms with E-state index in [1.54, 1.807) is 6.26 Å². The van der Waals surface area contributed by atoms with Crippen LogP contribution in [-0.4, -0.2) is 12.1 Å². The summed E-state index contributed by atoms with van der Waals surface area (Å²) < 4.78 is 5.37. The minimum absolute atomic E-state index is 0.258. The monoisotopic (exact) mass is 208 g/mol. The quantitative estimate of drug-likeness (QED) is 0.800. The molecule has 15 heavy (non-hydrogen) atoms. The zero-order chi connectivity index (χ0) is 10.7. The lowest BCUT2D eigenvalue weighted by Gasteiger charge is -2.31. The highest BCUT2D eigenvalue weighted by atomic mass is 16.3. The normalized spacial score (nSPS) is 28.9. The Morgan fingerprint density at radius 1 is 1.47 bits per heavy atom. The maximum atomic E-state index is 6.09. The Bertz CT molecular complexity index is 284. The smallest absolute Gasteiger partial charge is 0.120 e. The summed E-state index contributed by atoms with van der Waals surface area (Å²) >= 11 is 0. The van der Waals surface area contributed by atoms with Crippen molar-refractivity contribution in [3.05, 3.63) is 24.2 Å². The van der Waals surface area contributed by atoms with Crippen LogP contribution in [0.3, 0.4) is 0 Å². The first-order valence-electron chi connectivity index (χ1n) is 5.82. The maximum Gasteiger partial charge on any atom is 0.120 e. The SMILES string of the molecule is C[C@@H](N[C@@H]1CCCC[C@@H]1N)c1ccco1. The largest absolute Gasteiger partial charge is 0.468 e. The molecule has 1 heterocycles. The summed E-state index contributed by atoms with van der Waals surface area (Å²) in [5.41, 5.74) is 6.09. The summed E-state index contributed by atoms with van der Waals surface area (Å²) in [4.78, 5) is 0. The molecule has 1 aliphatic carbocycles. The summed E-state index contributed by atoms with van der Waals surface area (Å²) in [6, 6.07) is 4.93. The van der Waals surface area contributed by atoms with Gasteiger partial charge in [0, 0.05) is 12.1 Å². The fourth-order valence-electron chi connectivity index (χ4n) is 2.31. The van der Waals surface area contributed by atoms with Crippen molar-refractivity contribution < 1.29 is 4.42 Å². The Balaban J connectivity index is 1.90. The molecule has 1 aliphatic rings. The van der Waals surface area contributed by atoms with E-state index in [0.29, 0.717) is 12.1 Å². The summed E-state index contributed by atoms with van der Waals surface area (Å²) in [6.07, 6.45) is 6.60. The Hall–Kier alpha value is -0.800. The van der Waals surface area contributed by atoms with E-state index in [-0.39, 0.29) is 6.04 Å². The number of nitrogens with one attached hydrogen (secondary N) is 1. The molecule has 3 N–H and O–H groups in total. The van der Waals surface area contributed by atoms with Crippen LogP contribution < -0.4 is 11.1 Å². The standard InChI is InChI=1S/C12H20N2O/c1-9(12-7-4-8-15-12)14-11-6-3-2-5-10(11)13/h4,7-11,14H,2-3,5-6,13H2,1H3/t9-,10+,11-/m1/s1. The van der Waals surface area contributed by atoms with Crippen molar-refractivity contribution in [3.8, 4) is 0 Å². The second-order valence-electron chi connectivity index (χ2n) is 4.46. The van der Waals surface area contributed by atoms with Crippen molar-refractivity contribution in [2.75, 3.05) is 0 Å². The first kappa shape index (κ1) is 10.7. The minimum atomic E-state index is 0.258. The molecule has 0 aliphatic heterocycles. The van der Waals surface area contributed by atoms with Crippen molar-refractivity contribution in [2.24, 2.45) is 5.73 Å². The molecule has 0 saturated heterocycles. The average Bonchev–Trinajstić information content (AvgIpc) is 2.74. The van der Waals surface area contributed by atoms with Gasteiger partial charge in [-0.1, -0.05) is 12.8 Å². The Labute approximate surface area is 91.0 Å². The lowest BCUT2D eigenvalue weighted by molar-refractivity contribution is 0.291. The summed E-state index contributed by atoms with van der Waals surface area (Å²) in [7, 11) is 0. The molecule has 0 bridgehead atoms. The fourth-order valence-corrected chi connectivity index (χ4v) is 2.31. The van der Waals surface area contributed by atoms with Crippen molar-refractivity contribution >= 4 is 0 Å². The van der Waals surface area contributed by atoms with Gasteiger partial charge < -0.3 is 15.5 Å². The van der Waals surface area contributed by atoms with Crippen LogP contribution in [0.5, 0.6) is 0 Å². The van der Waals surface area contributed by atoms with Gasteiger partial charge in [0.1, 0.15) is 5.76 Å². The van der Waals surface area contributed by atoms with Crippen LogP contribution in [0.15, 0.2) is 22.8 Å². The van der Waals surface area contributed by atoms with Gasteiger partial charge in [-0.25, -0.2) is 0 Å². The molecule has 1 fully saturated rings. The van der Waals surface area contributed by atoms with Crippen molar-refractivity contribution in [3.63, 3.8) is 0 Å². The highest BCUT2D eigenvalue weighted by Gasteiger charge is 2.23. The molecule has 0 radical (unpaired) electrons. The zero-order valence-electron chi connectivity index (χ0n) is 9.28. The fraction of sp³-hybridized carbons (Fsp3) is 0.667. The Kier molecular flexibility index (Phi) is 3.44. The van der Waals surface area contributed by atoms with Crippen LogP contribution in [-0.2, 0) is 0 Å². The second kappa shape index (κ2) is 4.81. The van der Waals surface area contributed by atoms with E-state index in [2.05, 4.69) is 12.2 Å². The second-order valence-corrected chi connectivity index (χ2v) is 4.46. The van der Waals surface area contributed by atoms with Crippen LogP contribution in [0, 0.1) is 0 Å². The van der Waals surface area contributed by atoms with Crippen molar-refractivity contribution in [2.45, 2.75) is 50.7 Å². The number of furan rings is 1. The molecular formula is C12H20N2O. The molecule has 3 atom stereocenters. The molecule has 0 amide bonds. The number of hydrogen-bond donors (Lipinski definition) is 2. The van der Waals surface area contributed by atoms with Crippen molar-refractivity contribution in [1.82, 2.24) is 5.32 Å². The van der Waals surface area contributed by atoms with E-state index < -0.39 is 0 Å². The van der Waals surface area contributed by atoms with E-state index in [4.69, 9.17) is 10.2 Å². The predicted octanol–water partition coefficient (Wildman–Crippen LogP) is 2.20. The zero-order valence-corrected chi connectivity index (χ0v) is 9.28. The molecular weight excluding hydrogens is 188 g/mol. The van der Waals surface area contributed by atoms with E-state index in [9.17, 15) is 0 Å². The van der Waals surface area contributed by atoms with E-state index >= 15 is 0 Å². The number of hydrogen-bond acceptors (Lipinski definition) is 3. The third-order valence-corrected chi connectivity index (χ3v) is 3.25. The van der Waals surface area contributed by atoms with Crippen LogP contribution in [0.1, 0.15) is 44.4 Å². The van der Waals surface area contributed by atoms with Gasteiger partial charge in [-0.15, -0.1) is 0 Å². The van der Waals surface area contributed by atoms with Gasteiger partial charge in [-0.05, 0) is 31.9 Å². The molecule has 1 aromatic rings. The van der Waals surface area contributed by atoms with Gasteiger partial charge in [-0.3, -0.25) is 0 Å². The van der Waals surface area contributed by atoms with Crippen LogP contribution in [0.25, 0.3) is 0 Å². The van der Waals surface area contributed by atoms with Crippen LogP contribution in [0.4, 0.5) is 0 Å². The lowest BCUT2D eigenvalue weighted by Crippen LogP contribution is -2.47. The van der Waals surface area contributed by atoms with Crippen LogP contribution in [0.2, 0.25) is 0 Å². The van der Waals surface area contributed by atoms with Gasteiger partial charge in [0.25, 0.3) is 0 Å². The summed E-state index contributed by atoms with van der Waals surface area (Å²) in [6.45, 7) is 2.13. The van der Waals surface area contributed by atoms with E-state index in [1.165, 1.54) is 19.3 Å². The van der Waals surface area contributed by atoms with Gasteiger partial charge >= 0.3 is 0 Å². The Morgan fingerprint density at radius 3 is 2.93 bits per heavy atom. The molecule has 0 unspecified atom stereocenters. The van der Waals surface area contributed by atoms with Gasteiger partial charge in [0.05, 0.1) is 12.3 Å². The molecule has 0 spiro atoms. The molecule has 1 saturated carbocycles. The summed E-state index contributed by atoms with van der Waals surface area (Å²) in [5, 5.41) is 3.55.